The number of nitrogens with one attached hydrogen (secondary N) is 1. The van der Waals surface area contributed by atoms with Gasteiger partial charge >= 0.3 is 0 Å². The molecule has 92 valence electrons. The van der Waals surface area contributed by atoms with Gasteiger partial charge in [-0.15, -0.1) is 5.10 Å². The van der Waals surface area contributed by atoms with Gasteiger partial charge in [-0.2, -0.15) is 0 Å². The van der Waals surface area contributed by atoms with Crippen molar-refractivity contribution in [2.45, 2.75) is 37.6 Å². The number of hydrogen-bond acceptors (Lipinski definition) is 4. The Kier molecular flexibility index (Phi) is 2.58. The molecule has 1 amide bonds. The van der Waals surface area contributed by atoms with E-state index in [1.165, 1.54) is 0 Å². The van der Waals surface area contributed by atoms with Crippen LogP contribution < -0.4 is 0 Å². The zero-order chi connectivity index (χ0) is 11.8. The molecule has 1 aromatic rings. The van der Waals surface area contributed by atoms with Gasteiger partial charge in [-0.3, -0.25) is 9.89 Å². The normalized spacial score (nSPS) is 24.3. The number of rotatable bonds is 3. The number of carbonyl (C=O) groups is 1. The molecule has 1 saturated heterocycles. The molecule has 1 atom stereocenters. The molecular formula is C11H16N4O2. The first-order valence-corrected chi connectivity index (χ1v) is 6.13. The second-order valence-corrected chi connectivity index (χ2v) is 4.80. The summed E-state index contributed by atoms with van der Waals surface area (Å²) in [5.41, 5.74) is 0. The standard InChI is InChI=1S/C11H16N4O2/c16-6-8-2-1-5-15(8)11(17)10-12-9(13-14-10)7-3-4-7/h7-8,16H,1-6H2,(H,12,13,14). The van der Waals surface area contributed by atoms with Crippen molar-refractivity contribution < 1.29 is 9.90 Å². The van der Waals surface area contributed by atoms with Crippen molar-refractivity contribution in [1.29, 1.82) is 0 Å². The number of likely N-dealkylation sites (tertiary alicyclic amines) is 1. The molecular weight excluding hydrogens is 220 g/mol. The maximum absolute atomic E-state index is 12.1. The molecule has 1 aliphatic heterocycles. The molecule has 2 fully saturated rings. The summed E-state index contributed by atoms with van der Waals surface area (Å²) in [5.74, 6) is 1.38. The Morgan fingerprint density at radius 1 is 1.47 bits per heavy atom. The molecule has 6 nitrogen and oxygen atoms in total. The van der Waals surface area contributed by atoms with Gasteiger partial charge < -0.3 is 10.0 Å². The van der Waals surface area contributed by atoms with Crippen LogP contribution in [0.25, 0.3) is 0 Å². The van der Waals surface area contributed by atoms with Gasteiger partial charge in [0, 0.05) is 12.5 Å². The first-order valence-electron chi connectivity index (χ1n) is 6.13. The van der Waals surface area contributed by atoms with E-state index >= 15 is 0 Å². The predicted octanol–water partition coefficient (Wildman–Crippen LogP) is 0.279. The minimum atomic E-state index is -0.162. The highest BCUT2D eigenvalue weighted by atomic mass is 16.3. The molecule has 0 spiro atoms. The third-order valence-corrected chi connectivity index (χ3v) is 3.51. The molecule has 1 unspecified atom stereocenters. The van der Waals surface area contributed by atoms with E-state index in [1.807, 2.05) is 0 Å². The van der Waals surface area contributed by atoms with Gasteiger partial charge in [0.25, 0.3) is 5.91 Å². The minimum absolute atomic E-state index is 0.0195. The summed E-state index contributed by atoms with van der Waals surface area (Å²) >= 11 is 0. The van der Waals surface area contributed by atoms with Crippen LogP contribution in [0.2, 0.25) is 0 Å². The van der Waals surface area contributed by atoms with Crippen molar-refractivity contribution in [3.05, 3.63) is 11.6 Å². The topological polar surface area (TPSA) is 82.1 Å². The number of hydrogen-bond donors (Lipinski definition) is 2. The first kappa shape index (κ1) is 10.7. The summed E-state index contributed by atoms with van der Waals surface area (Å²) in [6, 6.07) is -0.0645. The number of nitrogens with zero attached hydrogens (tertiary/aromatic N) is 3. The summed E-state index contributed by atoms with van der Waals surface area (Å²) in [7, 11) is 0. The molecule has 2 N–H and O–H groups in total. The molecule has 0 bridgehead atoms. The number of aromatic nitrogens is 3. The van der Waals surface area contributed by atoms with E-state index in [2.05, 4.69) is 15.2 Å². The Balaban J connectivity index is 1.75. The molecule has 2 heterocycles. The third kappa shape index (κ3) is 1.93. The van der Waals surface area contributed by atoms with Crippen LogP contribution in [0.1, 0.15) is 48.0 Å². The van der Waals surface area contributed by atoms with E-state index < -0.39 is 0 Å². The second kappa shape index (κ2) is 4.10. The zero-order valence-electron chi connectivity index (χ0n) is 9.59. The van der Waals surface area contributed by atoms with Crippen LogP contribution in [-0.4, -0.2) is 50.3 Å². The van der Waals surface area contributed by atoms with Gasteiger partial charge in [0.05, 0.1) is 12.6 Å². The lowest BCUT2D eigenvalue weighted by molar-refractivity contribution is 0.0666. The second-order valence-electron chi connectivity index (χ2n) is 4.80. The largest absolute Gasteiger partial charge is 0.394 e. The third-order valence-electron chi connectivity index (χ3n) is 3.51. The van der Waals surface area contributed by atoms with E-state index in [0.29, 0.717) is 12.5 Å². The van der Waals surface area contributed by atoms with Crippen molar-refractivity contribution in [3.63, 3.8) is 0 Å². The van der Waals surface area contributed by atoms with Crippen LogP contribution in [0.3, 0.4) is 0 Å². The SMILES string of the molecule is O=C(c1n[nH]c(C2CC2)n1)N1CCCC1CO. The molecule has 0 aromatic carbocycles. The van der Waals surface area contributed by atoms with Crippen LogP contribution in [0.4, 0.5) is 0 Å². The lowest BCUT2D eigenvalue weighted by atomic mass is 10.2. The number of amides is 1. The van der Waals surface area contributed by atoms with Gasteiger partial charge in [-0.05, 0) is 25.7 Å². The van der Waals surface area contributed by atoms with Crippen molar-refractivity contribution in [2.75, 3.05) is 13.2 Å². The Morgan fingerprint density at radius 3 is 3.00 bits per heavy atom. The number of aliphatic hydroxyl groups excluding tert-OH is 1. The minimum Gasteiger partial charge on any atom is -0.394 e. The van der Waals surface area contributed by atoms with Crippen LogP contribution in [0.15, 0.2) is 0 Å². The van der Waals surface area contributed by atoms with Crippen molar-refractivity contribution in [1.82, 2.24) is 20.1 Å². The van der Waals surface area contributed by atoms with Gasteiger partial charge in [-0.1, -0.05) is 0 Å². The molecule has 1 saturated carbocycles. The van der Waals surface area contributed by atoms with Crippen molar-refractivity contribution in [2.24, 2.45) is 0 Å². The highest BCUT2D eigenvalue weighted by Crippen LogP contribution is 2.37. The van der Waals surface area contributed by atoms with E-state index in [9.17, 15) is 9.90 Å². The Morgan fingerprint density at radius 2 is 2.29 bits per heavy atom. The van der Waals surface area contributed by atoms with Crippen LogP contribution in [0, 0.1) is 0 Å². The fourth-order valence-corrected chi connectivity index (χ4v) is 2.33. The highest BCUT2D eigenvalue weighted by molar-refractivity contribution is 5.90. The number of carbonyl (C=O) groups excluding carboxylic acids is 1. The average Bonchev–Trinajstić information content (AvgIpc) is 2.93. The smallest absolute Gasteiger partial charge is 0.293 e. The van der Waals surface area contributed by atoms with Crippen molar-refractivity contribution in [3.8, 4) is 0 Å². The molecule has 1 aliphatic carbocycles. The summed E-state index contributed by atoms with van der Waals surface area (Å²) in [6.45, 7) is 0.711. The maximum Gasteiger partial charge on any atom is 0.293 e. The van der Waals surface area contributed by atoms with E-state index in [4.69, 9.17) is 0 Å². The number of H-pyrrole nitrogens is 1. The van der Waals surface area contributed by atoms with Crippen LogP contribution in [0.5, 0.6) is 0 Å². The van der Waals surface area contributed by atoms with Gasteiger partial charge in [0.2, 0.25) is 5.82 Å². The van der Waals surface area contributed by atoms with Gasteiger partial charge in [0.1, 0.15) is 5.82 Å². The molecule has 17 heavy (non-hydrogen) atoms. The van der Waals surface area contributed by atoms with Gasteiger partial charge in [-0.25, -0.2) is 4.98 Å². The maximum atomic E-state index is 12.1. The predicted molar refractivity (Wildman–Crippen MR) is 59.5 cm³/mol. The zero-order valence-corrected chi connectivity index (χ0v) is 9.59. The lowest BCUT2D eigenvalue weighted by Crippen LogP contribution is -2.38. The first-order chi connectivity index (χ1) is 8.29. The number of aliphatic hydroxyl groups is 1. The Bertz CT molecular complexity index is 427. The quantitative estimate of drug-likeness (QED) is 0.789. The Labute approximate surface area is 99.0 Å². The van der Waals surface area contributed by atoms with E-state index in [-0.39, 0.29) is 24.4 Å². The monoisotopic (exact) mass is 236 g/mol. The molecule has 6 heteroatoms. The lowest BCUT2D eigenvalue weighted by Gasteiger charge is -2.21. The summed E-state index contributed by atoms with van der Waals surface area (Å²) in [5, 5.41) is 16.0. The fourth-order valence-electron chi connectivity index (χ4n) is 2.33. The van der Waals surface area contributed by atoms with Crippen LogP contribution >= 0.6 is 0 Å². The molecule has 0 radical (unpaired) electrons. The summed E-state index contributed by atoms with van der Waals surface area (Å²) in [6.07, 6.45) is 4.07. The van der Waals surface area contributed by atoms with E-state index in [0.717, 1.165) is 31.5 Å². The molecule has 2 aliphatic rings. The van der Waals surface area contributed by atoms with Crippen LogP contribution in [-0.2, 0) is 0 Å². The highest BCUT2D eigenvalue weighted by Gasteiger charge is 2.33. The fraction of sp³-hybridized carbons (Fsp3) is 0.727. The number of aromatic amines is 1. The van der Waals surface area contributed by atoms with E-state index in [1.54, 1.807) is 4.90 Å². The summed E-state index contributed by atoms with van der Waals surface area (Å²) < 4.78 is 0. The Hall–Kier alpha value is -1.43. The molecule has 3 rings (SSSR count). The average molecular weight is 236 g/mol. The summed E-state index contributed by atoms with van der Waals surface area (Å²) in [4.78, 5) is 18.1. The van der Waals surface area contributed by atoms with Crippen molar-refractivity contribution >= 4 is 5.91 Å². The van der Waals surface area contributed by atoms with Gasteiger partial charge in [0.15, 0.2) is 0 Å². The molecule has 1 aromatic heterocycles.